The molecule has 10 nitrogen and oxygen atoms in total. The molecule has 0 saturated carbocycles. The Bertz CT molecular complexity index is 1200. The van der Waals surface area contributed by atoms with Gasteiger partial charge >= 0.3 is 5.76 Å². The van der Waals surface area contributed by atoms with Crippen molar-refractivity contribution in [2.75, 3.05) is 18.7 Å². The van der Waals surface area contributed by atoms with Gasteiger partial charge in [0.05, 0.1) is 17.0 Å². The molecule has 2 heterocycles. The van der Waals surface area contributed by atoms with Gasteiger partial charge in [-0.1, -0.05) is 0 Å². The summed E-state index contributed by atoms with van der Waals surface area (Å²) >= 11 is 0. The lowest BCUT2D eigenvalue weighted by Gasteiger charge is -2.08. The molecule has 1 aliphatic rings. The van der Waals surface area contributed by atoms with Crippen LogP contribution in [0.2, 0.25) is 0 Å². The fourth-order valence-electron chi connectivity index (χ4n) is 2.52. The summed E-state index contributed by atoms with van der Waals surface area (Å²) in [6.45, 7) is -0.371. The van der Waals surface area contributed by atoms with Crippen LogP contribution in [0.3, 0.4) is 0 Å². The Morgan fingerprint density at radius 3 is 2.78 bits per heavy atom. The normalized spacial score (nSPS) is 13.0. The van der Waals surface area contributed by atoms with Crippen LogP contribution in [0.1, 0.15) is 0 Å². The van der Waals surface area contributed by atoms with Crippen LogP contribution in [0, 0.1) is 0 Å². The van der Waals surface area contributed by atoms with Gasteiger partial charge in [-0.15, -0.1) is 0 Å². The zero-order valence-corrected chi connectivity index (χ0v) is 14.5. The molecule has 27 heavy (non-hydrogen) atoms. The molecular formula is C16H13N3O7S. The third-order valence-corrected chi connectivity index (χ3v) is 5.18. The first kappa shape index (κ1) is 17.1. The summed E-state index contributed by atoms with van der Waals surface area (Å²) in [6, 6.07) is 8.74. The predicted molar refractivity (Wildman–Crippen MR) is 93.2 cm³/mol. The van der Waals surface area contributed by atoms with Gasteiger partial charge in [-0.25, -0.2) is 17.9 Å². The maximum atomic E-state index is 12.3. The maximum Gasteiger partial charge on any atom is 0.417 e. The SMILES string of the molecule is O=C(CNS(=O)(=O)c1ccc2[nH]c(=O)oc2c1)Nc1ccc2c(c1)OCO2. The first-order valence-electron chi connectivity index (χ1n) is 7.73. The molecule has 0 spiro atoms. The van der Waals surface area contributed by atoms with E-state index in [9.17, 15) is 18.0 Å². The molecule has 3 aromatic rings. The van der Waals surface area contributed by atoms with Crippen molar-refractivity contribution < 1.29 is 27.1 Å². The smallest absolute Gasteiger partial charge is 0.417 e. The summed E-state index contributed by atoms with van der Waals surface area (Å²) in [5, 5.41) is 2.56. The molecular weight excluding hydrogens is 378 g/mol. The van der Waals surface area contributed by atoms with Crippen molar-refractivity contribution in [1.82, 2.24) is 9.71 Å². The number of ether oxygens (including phenoxy) is 2. The summed E-state index contributed by atoms with van der Waals surface area (Å²) in [7, 11) is -3.97. The van der Waals surface area contributed by atoms with Crippen LogP contribution in [0.15, 0.2) is 50.5 Å². The van der Waals surface area contributed by atoms with Crippen LogP contribution < -0.4 is 25.3 Å². The maximum absolute atomic E-state index is 12.3. The third-order valence-electron chi connectivity index (χ3n) is 3.78. The second-order valence-corrected chi connectivity index (χ2v) is 7.38. The van der Waals surface area contributed by atoms with E-state index >= 15 is 0 Å². The van der Waals surface area contributed by atoms with Crippen molar-refractivity contribution >= 4 is 32.7 Å². The van der Waals surface area contributed by atoms with E-state index < -0.39 is 28.2 Å². The number of oxazole rings is 1. The highest BCUT2D eigenvalue weighted by Crippen LogP contribution is 2.34. The molecule has 2 aromatic carbocycles. The number of aromatic nitrogens is 1. The lowest BCUT2D eigenvalue weighted by molar-refractivity contribution is -0.115. The molecule has 1 aliphatic heterocycles. The third kappa shape index (κ3) is 3.50. The first-order valence-corrected chi connectivity index (χ1v) is 9.21. The number of nitrogens with one attached hydrogen (secondary N) is 3. The minimum absolute atomic E-state index is 0.104. The van der Waals surface area contributed by atoms with E-state index in [1.165, 1.54) is 18.2 Å². The van der Waals surface area contributed by atoms with Crippen LogP contribution >= 0.6 is 0 Å². The number of amides is 1. The van der Waals surface area contributed by atoms with Gasteiger partial charge in [-0.2, -0.15) is 0 Å². The Morgan fingerprint density at radius 1 is 1.11 bits per heavy atom. The summed E-state index contributed by atoms with van der Waals surface area (Å²) in [6.07, 6.45) is 0. The fourth-order valence-corrected chi connectivity index (χ4v) is 3.51. The highest BCUT2D eigenvalue weighted by molar-refractivity contribution is 7.89. The number of sulfonamides is 1. The van der Waals surface area contributed by atoms with E-state index in [1.54, 1.807) is 18.2 Å². The number of benzene rings is 2. The van der Waals surface area contributed by atoms with Crippen molar-refractivity contribution in [3.05, 3.63) is 46.9 Å². The monoisotopic (exact) mass is 391 g/mol. The zero-order valence-electron chi connectivity index (χ0n) is 13.6. The molecule has 1 amide bonds. The zero-order chi connectivity index (χ0) is 19.0. The number of hydrogen-bond donors (Lipinski definition) is 3. The minimum atomic E-state index is -3.97. The molecule has 0 saturated heterocycles. The van der Waals surface area contributed by atoms with Crippen LogP contribution in [-0.4, -0.2) is 32.6 Å². The molecule has 11 heteroatoms. The molecule has 3 N–H and O–H groups in total. The Hall–Kier alpha value is -3.31. The number of hydrogen-bond acceptors (Lipinski definition) is 7. The summed E-state index contributed by atoms with van der Waals surface area (Å²) in [4.78, 5) is 25.5. The lowest BCUT2D eigenvalue weighted by Crippen LogP contribution is -2.32. The number of rotatable bonds is 5. The highest BCUT2D eigenvalue weighted by Gasteiger charge is 2.18. The first-order chi connectivity index (χ1) is 12.9. The van der Waals surface area contributed by atoms with Gasteiger partial charge in [-0.05, 0) is 24.3 Å². The van der Waals surface area contributed by atoms with Crippen molar-refractivity contribution in [3.63, 3.8) is 0 Å². The van der Waals surface area contributed by atoms with Crippen molar-refractivity contribution in [2.24, 2.45) is 0 Å². The second kappa shape index (κ2) is 6.45. The molecule has 0 unspecified atom stereocenters. The molecule has 0 radical (unpaired) electrons. The van der Waals surface area contributed by atoms with Gasteiger partial charge in [0, 0.05) is 17.8 Å². The Kier molecular flexibility index (Phi) is 4.09. The van der Waals surface area contributed by atoms with Gasteiger partial charge in [-0.3, -0.25) is 9.78 Å². The Balaban J connectivity index is 1.43. The van der Waals surface area contributed by atoms with Crippen LogP contribution in [0.4, 0.5) is 5.69 Å². The van der Waals surface area contributed by atoms with E-state index in [0.29, 0.717) is 22.7 Å². The van der Waals surface area contributed by atoms with Crippen LogP contribution in [0.25, 0.3) is 11.1 Å². The molecule has 0 fully saturated rings. The standard InChI is InChI=1S/C16H13N3O7S/c20-15(18-9-1-4-12-14(5-9)25-8-24-12)7-17-27(22,23)10-2-3-11-13(6-10)26-16(21)19-11/h1-6,17H,7-8H2,(H,18,20)(H,19,21). The van der Waals surface area contributed by atoms with Gasteiger partial charge in [0.1, 0.15) is 0 Å². The van der Waals surface area contributed by atoms with Gasteiger partial charge in [0.15, 0.2) is 17.1 Å². The van der Waals surface area contributed by atoms with E-state index in [1.807, 2.05) is 0 Å². The highest BCUT2D eigenvalue weighted by atomic mass is 32.2. The van der Waals surface area contributed by atoms with Gasteiger partial charge in [0.25, 0.3) is 0 Å². The quantitative estimate of drug-likeness (QED) is 0.583. The molecule has 0 aliphatic carbocycles. The summed E-state index contributed by atoms with van der Waals surface area (Å²) in [5.74, 6) is -0.183. The lowest BCUT2D eigenvalue weighted by atomic mass is 10.3. The Morgan fingerprint density at radius 2 is 1.93 bits per heavy atom. The van der Waals surface area contributed by atoms with Crippen LogP contribution in [0.5, 0.6) is 11.5 Å². The van der Waals surface area contributed by atoms with Crippen molar-refractivity contribution in [2.45, 2.75) is 4.90 Å². The van der Waals surface area contributed by atoms with E-state index in [0.717, 1.165) is 0 Å². The van der Waals surface area contributed by atoms with E-state index in [-0.39, 0.29) is 17.3 Å². The average Bonchev–Trinajstić information content (AvgIpc) is 3.24. The molecule has 0 bridgehead atoms. The Labute approximate surface area is 152 Å². The number of carbonyl (C=O) groups is 1. The number of carbonyl (C=O) groups excluding carboxylic acids is 1. The molecule has 4 rings (SSSR count). The van der Waals surface area contributed by atoms with Crippen LogP contribution in [-0.2, 0) is 14.8 Å². The second-order valence-electron chi connectivity index (χ2n) is 5.61. The van der Waals surface area contributed by atoms with E-state index in [2.05, 4.69) is 15.0 Å². The summed E-state index contributed by atoms with van der Waals surface area (Å²) in [5.41, 5.74) is 0.922. The number of aromatic amines is 1. The van der Waals surface area contributed by atoms with Gasteiger partial charge in [0.2, 0.25) is 22.7 Å². The van der Waals surface area contributed by atoms with E-state index in [4.69, 9.17) is 13.9 Å². The number of H-pyrrole nitrogens is 1. The van der Waals surface area contributed by atoms with Crippen molar-refractivity contribution in [1.29, 1.82) is 0 Å². The fraction of sp³-hybridized carbons (Fsp3) is 0.125. The average molecular weight is 391 g/mol. The largest absolute Gasteiger partial charge is 0.454 e. The molecule has 1 aromatic heterocycles. The topological polar surface area (TPSA) is 140 Å². The number of anilines is 1. The van der Waals surface area contributed by atoms with Gasteiger partial charge < -0.3 is 19.2 Å². The predicted octanol–water partition coefficient (Wildman–Crippen LogP) is 0.767. The molecule has 140 valence electrons. The van der Waals surface area contributed by atoms with Crippen molar-refractivity contribution in [3.8, 4) is 11.5 Å². The molecule has 0 atom stereocenters. The minimum Gasteiger partial charge on any atom is -0.454 e. The summed E-state index contributed by atoms with van der Waals surface area (Å²) < 4.78 is 42.1. The number of fused-ring (bicyclic) bond motifs is 2.